The van der Waals surface area contributed by atoms with Crippen molar-refractivity contribution in [3.05, 3.63) is 28.8 Å². The molecule has 4 nitrogen and oxygen atoms in total. The van der Waals surface area contributed by atoms with Crippen LogP contribution in [0.15, 0.2) is 17.0 Å². The lowest BCUT2D eigenvalue weighted by molar-refractivity contribution is 0.581. The number of rotatable bonds is 8. The van der Waals surface area contributed by atoms with Crippen molar-refractivity contribution < 1.29 is 8.42 Å². The summed E-state index contributed by atoms with van der Waals surface area (Å²) in [4.78, 5) is 1.19. The quantitative estimate of drug-likeness (QED) is 0.713. The molecule has 0 atom stereocenters. The van der Waals surface area contributed by atoms with Crippen LogP contribution in [0, 0.1) is 13.8 Å². The highest BCUT2D eigenvalue weighted by Crippen LogP contribution is 2.27. The van der Waals surface area contributed by atoms with E-state index in [1.54, 1.807) is 0 Å². The molecule has 0 aromatic heterocycles. The highest BCUT2D eigenvalue weighted by molar-refractivity contribution is 7.89. The van der Waals surface area contributed by atoms with Crippen molar-refractivity contribution in [1.82, 2.24) is 4.72 Å². The molecule has 22 heavy (non-hydrogen) atoms. The van der Waals surface area contributed by atoms with Crippen LogP contribution in [0.2, 0.25) is 0 Å². The third-order valence-corrected chi connectivity index (χ3v) is 5.81. The van der Waals surface area contributed by atoms with E-state index in [0.717, 1.165) is 21.6 Å². The first-order valence-corrected chi connectivity index (χ1v) is 9.41. The van der Waals surface area contributed by atoms with E-state index in [4.69, 9.17) is 18.0 Å². The van der Waals surface area contributed by atoms with Gasteiger partial charge in [-0.25, -0.2) is 13.1 Å². The fourth-order valence-electron chi connectivity index (χ4n) is 2.56. The summed E-state index contributed by atoms with van der Waals surface area (Å²) in [7, 11) is -3.53. The largest absolute Gasteiger partial charge is 0.330 e. The van der Waals surface area contributed by atoms with Gasteiger partial charge in [0.1, 0.15) is 0 Å². The van der Waals surface area contributed by atoms with Crippen LogP contribution in [0.3, 0.4) is 0 Å². The van der Waals surface area contributed by atoms with Gasteiger partial charge in [0.15, 0.2) is 0 Å². The van der Waals surface area contributed by atoms with Crippen LogP contribution in [0.5, 0.6) is 0 Å². The Kier molecular flexibility index (Phi) is 7.12. The van der Waals surface area contributed by atoms with Gasteiger partial charge in [0.05, 0.1) is 4.90 Å². The van der Waals surface area contributed by atoms with Gasteiger partial charge in [0.25, 0.3) is 0 Å². The first-order valence-electron chi connectivity index (χ1n) is 7.52. The van der Waals surface area contributed by atoms with Crippen molar-refractivity contribution in [3.8, 4) is 0 Å². The van der Waals surface area contributed by atoms with E-state index in [1.165, 1.54) is 0 Å². The molecule has 1 aromatic rings. The molecular weight excluding hydrogens is 316 g/mol. The molecule has 3 N–H and O–H groups in total. The van der Waals surface area contributed by atoms with Crippen LogP contribution in [0.4, 0.5) is 0 Å². The first kappa shape index (κ1) is 19.2. The van der Waals surface area contributed by atoms with Crippen molar-refractivity contribution in [2.45, 2.75) is 51.3 Å². The Balaban J connectivity index is 2.98. The second-order valence-corrected chi connectivity index (χ2v) is 8.09. The van der Waals surface area contributed by atoms with E-state index in [-0.39, 0.29) is 5.92 Å². The van der Waals surface area contributed by atoms with Crippen molar-refractivity contribution >= 4 is 27.1 Å². The van der Waals surface area contributed by atoms with Crippen molar-refractivity contribution in [3.63, 3.8) is 0 Å². The third kappa shape index (κ3) is 4.84. The van der Waals surface area contributed by atoms with Gasteiger partial charge in [-0.15, -0.1) is 0 Å². The fraction of sp³-hybridized carbons (Fsp3) is 0.562. The summed E-state index contributed by atoms with van der Waals surface area (Å²) in [5, 5.41) is 0. The SMILES string of the molecule is Cc1ccc(C(C)C)c(C)c1S(=O)(=O)NCCC(=S)CCN. The molecule has 1 aromatic carbocycles. The predicted molar refractivity (Wildman–Crippen MR) is 96.1 cm³/mol. The minimum absolute atomic E-state index is 0.284. The Morgan fingerprint density at radius 3 is 2.45 bits per heavy atom. The zero-order valence-electron chi connectivity index (χ0n) is 13.8. The molecule has 0 unspecified atom stereocenters. The van der Waals surface area contributed by atoms with Crippen LogP contribution in [-0.2, 0) is 10.0 Å². The molecule has 124 valence electrons. The molecule has 0 aliphatic carbocycles. The van der Waals surface area contributed by atoms with Crippen LogP contribution >= 0.6 is 12.2 Å². The Morgan fingerprint density at radius 1 is 1.27 bits per heavy atom. The van der Waals surface area contributed by atoms with Crippen molar-refractivity contribution in [2.24, 2.45) is 5.73 Å². The standard InChI is InChI=1S/C16H26N2O2S2/c1-11(2)15-6-5-12(3)16(13(15)4)22(19,20)18-10-8-14(21)7-9-17/h5-6,11,18H,7-10,17H2,1-4H3. The monoisotopic (exact) mass is 342 g/mol. The molecule has 0 bridgehead atoms. The van der Waals surface area contributed by atoms with E-state index in [0.29, 0.717) is 30.8 Å². The zero-order chi connectivity index (χ0) is 16.9. The lowest BCUT2D eigenvalue weighted by Crippen LogP contribution is -2.28. The maximum Gasteiger partial charge on any atom is 0.241 e. The molecule has 1 rings (SSSR count). The molecule has 0 radical (unpaired) electrons. The van der Waals surface area contributed by atoms with Gasteiger partial charge < -0.3 is 5.73 Å². The summed E-state index contributed by atoms with van der Waals surface area (Å²) < 4.78 is 27.9. The molecular formula is C16H26N2O2S2. The smallest absolute Gasteiger partial charge is 0.241 e. The summed E-state index contributed by atoms with van der Waals surface area (Å²) in [6, 6.07) is 3.88. The summed E-state index contributed by atoms with van der Waals surface area (Å²) >= 11 is 5.15. The molecule has 0 heterocycles. The minimum Gasteiger partial charge on any atom is -0.330 e. The average molecular weight is 343 g/mol. The molecule has 0 saturated heterocycles. The van der Waals surface area contributed by atoms with E-state index in [1.807, 2.05) is 26.0 Å². The number of thiocarbonyl (C=S) groups is 1. The Bertz CT molecular complexity index is 638. The summed E-state index contributed by atoms with van der Waals surface area (Å²) in [6.45, 7) is 8.63. The molecule has 0 aliphatic rings. The van der Waals surface area contributed by atoms with Crippen molar-refractivity contribution in [1.29, 1.82) is 0 Å². The predicted octanol–water partition coefficient (Wildman–Crippen LogP) is 2.81. The van der Waals surface area contributed by atoms with Gasteiger partial charge in [-0.1, -0.05) is 38.2 Å². The molecule has 6 heteroatoms. The van der Waals surface area contributed by atoms with Gasteiger partial charge in [0, 0.05) is 6.54 Å². The Hall–Kier alpha value is -0.820. The fourth-order valence-corrected chi connectivity index (χ4v) is 4.31. The highest BCUT2D eigenvalue weighted by Gasteiger charge is 2.21. The lowest BCUT2D eigenvalue weighted by atomic mass is 9.96. The number of hydrogen-bond donors (Lipinski definition) is 2. The average Bonchev–Trinajstić information content (AvgIpc) is 2.37. The normalized spacial score (nSPS) is 11.9. The summed E-state index contributed by atoms with van der Waals surface area (Å²) in [5.41, 5.74) is 8.09. The van der Waals surface area contributed by atoms with Crippen LogP contribution in [0.25, 0.3) is 0 Å². The second kappa shape index (κ2) is 8.15. The van der Waals surface area contributed by atoms with Gasteiger partial charge in [-0.2, -0.15) is 0 Å². The molecule has 0 saturated carbocycles. The van der Waals surface area contributed by atoms with E-state index < -0.39 is 10.0 Å². The van der Waals surface area contributed by atoms with Crippen LogP contribution < -0.4 is 10.5 Å². The molecule has 0 aliphatic heterocycles. The van der Waals surface area contributed by atoms with Gasteiger partial charge in [0.2, 0.25) is 10.0 Å². The lowest BCUT2D eigenvalue weighted by Gasteiger charge is -2.17. The molecule has 0 spiro atoms. The number of benzene rings is 1. The maximum absolute atomic E-state index is 12.6. The van der Waals surface area contributed by atoms with Gasteiger partial charge in [-0.05, 0) is 60.7 Å². The first-order chi connectivity index (χ1) is 10.2. The zero-order valence-corrected chi connectivity index (χ0v) is 15.4. The highest BCUT2D eigenvalue weighted by atomic mass is 32.2. The number of hydrogen-bond acceptors (Lipinski definition) is 4. The van der Waals surface area contributed by atoms with Crippen LogP contribution in [0.1, 0.15) is 49.3 Å². The number of sulfonamides is 1. The summed E-state index contributed by atoms with van der Waals surface area (Å²) in [5.74, 6) is 0.284. The number of nitrogens with two attached hydrogens (primary N) is 1. The molecule has 0 amide bonds. The van der Waals surface area contributed by atoms with Crippen molar-refractivity contribution in [2.75, 3.05) is 13.1 Å². The Morgan fingerprint density at radius 2 is 1.91 bits per heavy atom. The van der Waals surface area contributed by atoms with E-state index in [2.05, 4.69) is 18.6 Å². The van der Waals surface area contributed by atoms with Crippen LogP contribution in [-0.4, -0.2) is 26.4 Å². The molecule has 0 fully saturated rings. The van der Waals surface area contributed by atoms with Gasteiger partial charge >= 0.3 is 0 Å². The maximum atomic E-state index is 12.6. The minimum atomic E-state index is -3.53. The topological polar surface area (TPSA) is 72.2 Å². The third-order valence-electron chi connectivity index (χ3n) is 3.65. The summed E-state index contributed by atoms with van der Waals surface area (Å²) in [6.07, 6.45) is 1.19. The van der Waals surface area contributed by atoms with Gasteiger partial charge in [-0.3, -0.25) is 0 Å². The number of aryl methyl sites for hydroxylation is 1. The van der Waals surface area contributed by atoms with E-state index >= 15 is 0 Å². The Labute approximate surface area is 139 Å². The number of nitrogens with one attached hydrogen (secondary N) is 1. The second-order valence-electron chi connectivity index (χ2n) is 5.81. The van der Waals surface area contributed by atoms with E-state index in [9.17, 15) is 8.42 Å².